The molecule has 4 nitrogen and oxygen atoms in total. The van der Waals surface area contributed by atoms with Crippen LogP contribution >= 0.6 is 0 Å². The Morgan fingerprint density at radius 1 is 1.56 bits per heavy atom. The van der Waals surface area contributed by atoms with Crippen molar-refractivity contribution < 1.29 is 14.6 Å². The van der Waals surface area contributed by atoms with E-state index in [0.717, 1.165) is 39.3 Å². The number of aliphatic carboxylic acids is 1. The predicted molar refractivity (Wildman–Crippen MR) is 62.5 cm³/mol. The Kier molecular flexibility index (Phi) is 5.77. The summed E-state index contributed by atoms with van der Waals surface area (Å²) >= 11 is 0. The van der Waals surface area contributed by atoms with Gasteiger partial charge in [-0.15, -0.1) is 0 Å². The predicted octanol–water partition coefficient (Wildman–Crippen LogP) is 1.46. The standard InChI is InChI=1S/C12H23NO3/c1-10(2)9-16-6-5-13-4-3-11(8-13)7-12(14)15/h10-11H,3-9H2,1-2H3,(H,14,15). The van der Waals surface area contributed by atoms with E-state index in [4.69, 9.17) is 9.84 Å². The fraction of sp³-hybridized carbons (Fsp3) is 0.917. The van der Waals surface area contributed by atoms with Gasteiger partial charge in [0.25, 0.3) is 0 Å². The molecule has 1 N–H and O–H groups in total. The van der Waals surface area contributed by atoms with Crippen molar-refractivity contribution in [2.45, 2.75) is 26.7 Å². The molecule has 1 aliphatic heterocycles. The Balaban J connectivity index is 2.05. The topological polar surface area (TPSA) is 49.8 Å². The Hall–Kier alpha value is -0.610. The summed E-state index contributed by atoms with van der Waals surface area (Å²) in [5.74, 6) is 0.240. The molecule has 0 aliphatic carbocycles. The van der Waals surface area contributed by atoms with Crippen LogP contribution in [0.4, 0.5) is 0 Å². The fourth-order valence-corrected chi connectivity index (χ4v) is 2.04. The SMILES string of the molecule is CC(C)COCCN1CCC(CC(=O)O)C1. The second kappa shape index (κ2) is 6.86. The highest BCUT2D eigenvalue weighted by Crippen LogP contribution is 2.18. The van der Waals surface area contributed by atoms with E-state index in [2.05, 4.69) is 18.7 Å². The zero-order valence-corrected chi connectivity index (χ0v) is 10.3. The van der Waals surface area contributed by atoms with E-state index >= 15 is 0 Å². The van der Waals surface area contributed by atoms with Crippen molar-refractivity contribution in [2.75, 3.05) is 32.8 Å². The molecule has 0 bridgehead atoms. The average Bonchev–Trinajstić information content (AvgIpc) is 2.59. The number of carbonyl (C=O) groups is 1. The summed E-state index contributed by atoms with van der Waals surface area (Å²) < 4.78 is 5.52. The molecule has 1 fully saturated rings. The second-order valence-corrected chi connectivity index (χ2v) is 5.02. The molecule has 1 atom stereocenters. The minimum absolute atomic E-state index is 0.309. The first kappa shape index (κ1) is 13.5. The van der Waals surface area contributed by atoms with E-state index < -0.39 is 5.97 Å². The lowest BCUT2D eigenvalue weighted by atomic mass is 10.1. The maximum absolute atomic E-state index is 10.6. The van der Waals surface area contributed by atoms with Gasteiger partial charge < -0.3 is 14.7 Å². The van der Waals surface area contributed by atoms with Crippen LogP contribution in [-0.4, -0.2) is 48.8 Å². The number of rotatable bonds is 7. The molecule has 4 heteroatoms. The van der Waals surface area contributed by atoms with Gasteiger partial charge in [-0.3, -0.25) is 4.79 Å². The van der Waals surface area contributed by atoms with Crippen LogP contribution in [0.2, 0.25) is 0 Å². The number of nitrogens with zero attached hydrogens (tertiary/aromatic N) is 1. The van der Waals surface area contributed by atoms with Gasteiger partial charge in [0, 0.05) is 26.1 Å². The Morgan fingerprint density at radius 2 is 2.31 bits per heavy atom. The lowest BCUT2D eigenvalue weighted by Crippen LogP contribution is -2.26. The number of hydrogen-bond acceptors (Lipinski definition) is 3. The monoisotopic (exact) mass is 229 g/mol. The maximum Gasteiger partial charge on any atom is 0.303 e. The Morgan fingerprint density at radius 3 is 2.94 bits per heavy atom. The molecule has 1 heterocycles. The highest BCUT2D eigenvalue weighted by atomic mass is 16.5. The van der Waals surface area contributed by atoms with Crippen molar-refractivity contribution in [1.29, 1.82) is 0 Å². The molecule has 1 rings (SSSR count). The largest absolute Gasteiger partial charge is 0.481 e. The van der Waals surface area contributed by atoms with Gasteiger partial charge in [-0.25, -0.2) is 0 Å². The van der Waals surface area contributed by atoms with E-state index in [1.54, 1.807) is 0 Å². The maximum atomic E-state index is 10.6. The van der Waals surface area contributed by atoms with Crippen molar-refractivity contribution in [3.05, 3.63) is 0 Å². The van der Waals surface area contributed by atoms with Crippen LogP contribution in [0, 0.1) is 11.8 Å². The number of hydrogen-bond donors (Lipinski definition) is 1. The van der Waals surface area contributed by atoms with Crippen molar-refractivity contribution in [2.24, 2.45) is 11.8 Å². The summed E-state index contributed by atoms with van der Waals surface area (Å²) in [5, 5.41) is 8.69. The molecule has 0 aromatic carbocycles. The van der Waals surface area contributed by atoms with Gasteiger partial charge in [0.05, 0.1) is 6.61 Å². The molecule has 0 aromatic heterocycles. The third-order valence-electron chi connectivity index (χ3n) is 2.84. The van der Waals surface area contributed by atoms with Gasteiger partial charge in [0.15, 0.2) is 0 Å². The smallest absolute Gasteiger partial charge is 0.303 e. The van der Waals surface area contributed by atoms with Crippen LogP contribution in [-0.2, 0) is 9.53 Å². The first-order valence-corrected chi connectivity index (χ1v) is 6.10. The summed E-state index contributed by atoms with van der Waals surface area (Å²) in [5.41, 5.74) is 0. The second-order valence-electron chi connectivity index (χ2n) is 5.02. The first-order chi connectivity index (χ1) is 7.58. The van der Waals surface area contributed by atoms with Gasteiger partial charge in [-0.1, -0.05) is 13.8 Å². The molecule has 1 saturated heterocycles. The van der Waals surface area contributed by atoms with Gasteiger partial charge in [0.1, 0.15) is 0 Å². The molecule has 0 spiro atoms. The Bertz CT molecular complexity index is 218. The normalized spacial score (nSPS) is 21.8. The molecule has 0 radical (unpaired) electrons. The summed E-state index contributed by atoms with van der Waals surface area (Å²) in [4.78, 5) is 12.9. The zero-order valence-electron chi connectivity index (χ0n) is 10.3. The van der Waals surface area contributed by atoms with Gasteiger partial charge in [-0.05, 0) is 24.8 Å². The van der Waals surface area contributed by atoms with Crippen molar-refractivity contribution >= 4 is 5.97 Å². The zero-order chi connectivity index (χ0) is 12.0. The van der Waals surface area contributed by atoms with E-state index in [-0.39, 0.29) is 0 Å². The lowest BCUT2D eigenvalue weighted by Gasteiger charge is -2.16. The molecule has 0 saturated carbocycles. The fourth-order valence-electron chi connectivity index (χ4n) is 2.04. The van der Waals surface area contributed by atoms with Crippen molar-refractivity contribution in [3.63, 3.8) is 0 Å². The van der Waals surface area contributed by atoms with E-state index in [1.165, 1.54) is 0 Å². The number of likely N-dealkylation sites (tertiary alicyclic amines) is 1. The molecule has 0 aromatic rings. The average molecular weight is 229 g/mol. The van der Waals surface area contributed by atoms with Crippen molar-refractivity contribution in [3.8, 4) is 0 Å². The molecule has 1 unspecified atom stereocenters. The van der Waals surface area contributed by atoms with Crippen LogP contribution in [0.15, 0.2) is 0 Å². The third kappa shape index (κ3) is 5.47. The van der Waals surface area contributed by atoms with Crippen LogP contribution in [0.25, 0.3) is 0 Å². The first-order valence-electron chi connectivity index (χ1n) is 6.10. The quantitative estimate of drug-likeness (QED) is 0.671. The summed E-state index contributed by atoms with van der Waals surface area (Å²) in [6, 6.07) is 0. The van der Waals surface area contributed by atoms with Crippen LogP contribution in [0.5, 0.6) is 0 Å². The Labute approximate surface area is 97.6 Å². The van der Waals surface area contributed by atoms with Crippen LogP contribution in [0.3, 0.4) is 0 Å². The summed E-state index contributed by atoms with van der Waals surface area (Å²) in [6.07, 6.45) is 1.32. The van der Waals surface area contributed by atoms with E-state index in [1.807, 2.05) is 0 Å². The minimum Gasteiger partial charge on any atom is -0.481 e. The van der Waals surface area contributed by atoms with E-state index in [9.17, 15) is 4.79 Å². The minimum atomic E-state index is -0.678. The summed E-state index contributed by atoms with van der Waals surface area (Å²) in [7, 11) is 0. The molecule has 16 heavy (non-hydrogen) atoms. The number of ether oxygens (including phenoxy) is 1. The van der Waals surface area contributed by atoms with Crippen molar-refractivity contribution in [1.82, 2.24) is 4.90 Å². The molecule has 1 aliphatic rings. The van der Waals surface area contributed by atoms with Crippen LogP contribution in [0.1, 0.15) is 26.7 Å². The van der Waals surface area contributed by atoms with Gasteiger partial charge in [-0.2, -0.15) is 0 Å². The van der Waals surface area contributed by atoms with Gasteiger partial charge in [0.2, 0.25) is 0 Å². The molecule has 94 valence electrons. The van der Waals surface area contributed by atoms with E-state index in [0.29, 0.717) is 18.3 Å². The highest BCUT2D eigenvalue weighted by molar-refractivity contribution is 5.67. The van der Waals surface area contributed by atoms with Gasteiger partial charge >= 0.3 is 5.97 Å². The molecule has 0 amide bonds. The summed E-state index contributed by atoms with van der Waals surface area (Å²) in [6.45, 7) is 8.71. The number of carboxylic acids is 1. The molecular weight excluding hydrogens is 206 g/mol. The highest BCUT2D eigenvalue weighted by Gasteiger charge is 2.23. The molecular formula is C12H23NO3. The number of carboxylic acid groups (broad SMARTS) is 1. The lowest BCUT2D eigenvalue weighted by molar-refractivity contribution is -0.138. The van der Waals surface area contributed by atoms with Crippen LogP contribution < -0.4 is 0 Å². The third-order valence-corrected chi connectivity index (χ3v) is 2.84.